The van der Waals surface area contributed by atoms with Gasteiger partial charge in [0.1, 0.15) is 0 Å². The second-order valence-corrected chi connectivity index (χ2v) is 5.72. The molecule has 3 heteroatoms. The van der Waals surface area contributed by atoms with Crippen LogP contribution in [0.4, 0.5) is 0 Å². The Bertz CT molecular complexity index is 207. The van der Waals surface area contributed by atoms with E-state index in [0.29, 0.717) is 0 Å². The van der Waals surface area contributed by atoms with Gasteiger partial charge in [0.2, 0.25) is 0 Å². The number of nitriles is 1. The molecule has 1 N–H and O–H groups in total. The lowest BCUT2D eigenvalue weighted by atomic mass is 9.75. The molecule has 1 aliphatic carbocycles. The molecule has 2 atom stereocenters. The predicted octanol–water partition coefficient (Wildman–Crippen LogP) is 2.54. The number of rotatable bonds is 1. The minimum absolute atomic E-state index is 0.0635. The van der Waals surface area contributed by atoms with Gasteiger partial charge in [-0.2, -0.15) is 5.26 Å². The van der Waals surface area contributed by atoms with Crippen LogP contribution in [0.25, 0.3) is 0 Å². The second kappa shape index (κ2) is 3.26. The molecule has 0 saturated heterocycles. The molecule has 0 spiro atoms. The molecule has 68 valence electrons. The van der Waals surface area contributed by atoms with Crippen molar-refractivity contribution in [3.8, 4) is 6.19 Å². The van der Waals surface area contributed by atoms with Crippen molar-refractivity contribution in [2.24, 2.45) is 0 Å². The number of hydrogen-bond acceptors (Lipinski definition) is 2. The van der Waals surface area contributed by atoms with Gasteiger partial charge in [0.25, 0.3) is 0 Å². The van der Waals surface area contributed by atoms with E-state index in [2.05, 4.69) is 41.3 Å². The molecule has 0 unspecified atom stereocenters. The van der Waals surface area contributed by atoms with Crippen LogP contribution in [0.1, 0.15) is 39.5 Å². The second-order valence-electron chi connectivity index (χ2n) is 3.97. The lowest BCUT2D eigenvalue weighted by Crippen LogP contribution is -2.56. The van der Waals surface area contributed by atoms with E-state index in [0.717, 1.165) is 12.8 Å². The Balaban J connectivity index is 2.78. The third kappa shape index (κ3) is 1.59. The Kier molecular flexibility index (Phi) is 2.67. The highest BCUT2D eigenvalue weighted by atomic mass is 79.9. The minimum Gasteiger partial charge on any atom is -0.317 e. The lowest BCUT2D eigenvalue weighted by molar-refractivity contribution is 0.232. The zero-order valence-corrected chi connectivity index (χ0v) is 9.24. The number of nitrogens with zero attached hydrogens (tertiary/aromatic N) is 1. The number of hydrogen-bond donors (Lipinski definition) is 1. The fraction of sp³-hybridized carbons (Fsp3) is 0.889. The summed E-state index contributed by atoms with van der Waals surface area (Å²) in [7, 11) is 0. The number of alkyl halides is 1. The Hall–Kier alpha value is -0.230. The Labute approximate surface area is 82.5 Å². The van der Waals surface area contributed by atoms with Crippen molar-refractivity contribution in [2.45, 2.75) is 49.4 Å². The fourth-order valence-corrected chi connectivity index (χ4v) is 2.37. The summed E-state index contributed by atoms with van der Waals surface area (Å²) in [5.74, 6) is 0. The molecular formula is C9H15BrN2. The van der Waals surface area contributed by atoms with Crippen molar-refractivity contribution < 1.29 is 0 Å². The topological polar surface area (TPSA) is 35.8 Å². The fourth-order valence-electron chi connectivity index (χ4n) is 1.79. The van der Waals surface area contributed by atoms with Crippen molar-refractivity contribution in [2.75, 3.05) is 0 Å². The SMILES string of the molecule is C[C@]1(Br)CCCC[C@@]1(C)NC#N. The molecule has 1 rings (SSSR count). The first-order valence-electron chi connectivity index (χ1n) is 4.37. The van der Waals surface area contributed by atoms with E-state index >= 15 is 0 Å². The van der Waals surface area contributed by atoms with Gasteiger partial charge in [-0.15, -0.1) is 0 Å². The van der Waals surface area contributed by atoms with Gasteiger partial charge in [0.15, 0.2) is 6.19 Å². The molecule has 0 heterocycles. The van der Waals surface area contributed by atoms with E-state index in [1.54, 1.807) is 0 Å². The first kappa shape index (κ1) is 9.85. The van der Waals surface area contributed by atoms with Crippen LogP contribution in [-0.2, 0) is 0 Å². The van der Waals surface area contributed by atoms with Crippen LogP contribution in [0.5, 0.6) is 0 Å². The lowest BCUT2D eigenvalue weighted by Gasteiger charge is -2.45. The summed E-state index contributed by atoms with van der Waals surface area (Å²) in [6.45, 7) is 4.28. The first-order valence-corrected chi connectivity index (χ1v) is 5.16. The van der Waals surface area contributed by atoms with Crippen LogP contribution in [0.2, 0.25) is 0 Å². The number of nitrogens with one attached hydrogen (secondary N) is 1. The van der Waals surface area contributed by atoms with E-state index in [4.69, 9.17) is 5.26 Å². The molecule has 0 aromatic carbocycles. The highest BCUT2D eigenvalue weighted by Gasteiger charge is 2.44. The van der Waals surface area contributed by atoms with Crippen LogP contribution in [-0.4, -0.2) is 9.86 Å². The predicted molar refractivity (Wildman–Crippen MR) is 53.0 cm³/mol. The molecule has 0 aromatic rings. The minimum atomic E-state index is -0.0694. The standard InChI is InChI=1S/C9H15BrN2/c1-8(10)5-3-4-6-9(8,2)12-7-11/h12H,3-6H2,1-2H3/t8-,9+/m0/s1. The van der Waals surface area contributed by atoms with E-state index < -0.39 is 0 Å². The number of halogens is 1. The van der Waals surface area contributed by atoms with Crippen molar-refractivity contribution in [1.29, 1.82) is 5.26 Å². The average molecular weight is 231 g/mol. The van der Waals surface area contributed by atoms with Gasteiger partial charge < -0.3 is 5.32 Å². The van der Waals surface area contributed by atoms with Crippen molar-refractivity contribution in [3.63, 3.8) is 0 Å². The first-order chi connectivity index (χ1) is 5.52. The Morgan fingerprint density at radius 1 is 1.33 bits per heavy atom. The van der Waals surface area contributed by atoms with Crippen LogP contribution in [0.15, 0.2) is 0 Å². The van der Waals surface area contributed by atoms with E-state index in [1.165, 1.54) is 12.8 Å². The van der Waals surface area contributed by atoms with Crippen molar-refractivity contribution in [1.82, 2.24) is 5.32 Å². The smallest absolute Gasteiger partial charge is 0.177 e. The molecule has 1 aliphatic rings. The molecule has 1 fully saturated rings. The summed E-state index contributed by atoms with van der Waals surface area (Å²) in [4.78, 5) is 0. The molecule has 0 amide bonds. The summed E-state index contributed by atoms with van der Waals surface area (Å²) < 4.78 is 0.0635. The quantitative estimate of drug-likeness (QED) is 0.427. The maximum absolute atomic E-state index is 8.63. The van der Waals surface area contributed by atoms with Gasteiger partial charge in [-0.3, -0.25) is 0 Å². The van der Waals surface area contributed by atoms with Crippen LogP contribution < -0.4 is 5.32 Å². The van der Waals surface area contributed by atoms with Crippen molar-refractivity contribution >= 4 is 15.9 Å². The van der Waals surface area contributed by atoms with Crippen LogP contribution in [0.3, 0.4) is 0 Å². The highest BCUT2D eigenvalue weighted by Crippen LogP contribution is 2.42. The summed E-state index contributed by atoms with van der Waals surface area (Å²) in [5, 5.41) is 11.5. The van der Waals surface area contributed by atoms with E-state index in [9.17, 15) is 0 Å². The molecular weight excluding hydrogens is 216 g/mol. The van der Waals surface area contributed by atoms with E-state index in [1.807, 2.05) is 0 Å². The third-order valence-electron chi connectivity index (χ3n) is 3.06. The zero-order valence-electron chi connectivity index (χ0n) is 7.65. The zero-order chi connectivity index (χ0) is 9.24. The highest BCUT2D eigenvalue weighted by molar-refractivity contribution is 9.10. The normalized spacial score (nSPS) is 41.8. The molecule has 0 aliphatic heterocycles. The molecule has 2 nitrogen and oxygen atoms in total. The maximum Gasteiger partial charge on any atom is 0.177 e. The molecule has 12 heavy (non-hydrogen) atoms. The average Bonchev–Trinajstić information content (AvgIpc) is 1.96. The third-order valence-corrected chi connectivity index (χ3v) is 4.33. The molecule has 0 bridgehead atoms. The summed E-state index contributed by atoms with van der Waals surface area (Å²) >= 11 is 3.70. The summed E-state index contributed by atoms with van der Waals surface area (Å²) in [6, 6.07) is 0. The largest absolute Gasteiger partial charge is 0.317 e. The summed E-state index contributed by atoms with van der Waals surface area (Å²) in [5.41, 5.74) is -0.0694. The molecule has 0 aromatic heterocycles. The van der Waals surface area contributed by atoms with Crippen LogP contribution in [0, 0.1) is 11.5 Å². The Morgan fingerprint density at radius 3 is 2.42 bits per heavy atom. The summed E-state index contributed by atoms with van der Waals surface area (Å²) in [6.07, 6.45) is 6.73. The maximum atomic E-state index is 8.63. The monoisotopic (exact) mass is 230 g/mol. The van der Waals surface area contributed by atoms with Gasteiger partial charge in [-0.05, 0) is 26.7 Å². The van der Waals surface area contributed by atoms with Gasteiger partial charge in [0, 0.05) is 4.32 Å². The van der Waals surface area contributed by atoms with Crippen LogP contribution >= 0.6 is 15.9 Å². The van der Waals surface area contributed by atoms with Crippen molar-refractivity contribution in [3.05, 3.63) is 0 Å². The van der Waals surface area contributed by atoms with Gasteiger partial charge >= 0.3 is 0 Å². The van der Waals surface area contributed by atoms with Gasteiger partial charge in [-0.1, -0.05) is 28.8 Å². The van der Waals surface area contributed by atoms with Gasteiger partial charge in [0.05, 0.1) is 5.54 Å². The van der Waals surface area contributed by atoms with Gasteiger partial charge in [-0.25, -0.2) is 0 Å². The molecule has 0 radical (unpaired) electrons. The van der Waals surface area contributed by atoms with E-state index in [-0.39, 0.29) is 9.86 Å². The molecule has 1 saturated carbocycles. The Morgan fingerprint density at radius 2 is 1.92 bits per heavy atom.